The average molecular weight is 425 g/mol. The third kappa shape index (κ3) is 4.89. The lowest BCUT2D eigenvalue weighted by Crippen LogP contribution is -2.22. The molecule has 156 valence electrons. The van der Waals surface area contributed by atoms with E-state index in [4.69, 9.17) is 16.3 Å². The van der Waals surface area contributed by atoms with Crippen LogP contribution in [0.3, 0.4) is 0 Å². The van der Waals surface area contributed by atoms with E-state index >= 15 is 0 Å². The Morgan fingerprint density at radius 2 is 1.70 bits per heavy atom. The van der Waals surface area contributed by atoms with E-state index in [1.165, 1.54) is 6.20 Å². The predicted octanol–water partition coefficient (Wildman–Crippen LogP) is 5.96. The highest BCUT2D eigenvalue weighted by Crippen LogP contribution is 2.32. The highest BCUT2D eigenvalue weighted by atomic mass is 35.5. The van der Waals surface area contributed by atoms with Crippen LogP contribution in [0.5, 0.6) is 6.01 Å². The summed E-state index contributed by atoms with van der Waals surface area (Å²) >= 11 is 6.38. The quantitative estimate of drug-likeness (QED) is 0.490. The molecule has 1 aromatic heterocycles. The van der Waals surface area contributed by atoms with Crippen molar-refractivity contribution in [2.45, 2.75) is 33.6 Å². The fourth-order valence-corrected chi connectivity index (χ4v) is 3.41. The van der Waals surface area contributed by atoms with Gasteiger partial charge in [-0.2, -0.15) is 4.98 Å². The lowest BCUT2D eigenvalue weighted by molar-refractivity contribution is 0.262. The first-order chi connectivity index (χ1) is 14.6. The number of nitrogens with one attached hydrogen (secondary N) is 2. The van der Waals surface area contributed by atoms with Crippen LogP contribution in [0.4, 0.5) is 16.2 Å². The topological polar surface area (TPSA) is 76.1 Å². The van der Waals surface area contributed by atoms with Crippen molar-refractivity contribution in [2.75, 3.05) is 17.2 Å². The maximum atomic E-state index is 12.9. The molecule has 0 saturated heterocycles. The van der Waals surface area contributed by atoms with E-state index in [0.717, 1.165) is 29.7 Å². The first-order valence-electron chi connectivity index (χ1n) is 10.0. The molecule has 1 heterocycles. The lowest BCUT2D eigenvalue weighted by Gasteiger charge is -2.16. The molecule has 0 atom stereocenters. The molecule has 0 aliphatic carbocycles. The molecule has 0 saturated carbocycles. The number of hydrogen-bond acceptors (Lipinski definition) is 4. The Kier molecular flexibility index (Phi) is 7.25. The first-order valence-corrected chi connectivity index (χ1v) is 10.4. The Labute approximate surface area is 181 Å². The minimum absolute atomic E-state index is 0.225. The van der Waals surface area contributed by atoms with Gasteiger partial charge in [-0.3, -0.25) is 0 Å². The van der Waals surface area contributed by atoms with Gasteiger partial charge in [0.2, 0.25) is 0 Å². The van der Waals surface area contributed by atoms with E-state index in [1.807, 2.05) is 43.3 Å². The van der Waals surface area contributed by atoms with Gasteiger partial charge >= 0.3 is 12.0 Å². The smallest absolute Gasteiger partial charge is 0.323 e. The summed E-state index contributed by atoms with van der Waals surface area (Å²) in [5.74, 6) is 0. The van der Waals surface area contributed by atoms with Crippen molar-refractivity contribution < 1.29 is 9.53 Å². The molecule has 6 nitrogen and oxygen atoms in total. The van der Waals surface area contributed by atoms with Crippen LogP contribution in [0.25, 0.3) is 11.3 Å². The van der Waals surface area contributed by atoms with Gasteiger partial charge in [0.1, 0.15) is 5.69 Å². The minimum Gasteiger partial charge on any atom is -0.464 e. The van der Waals surface area contributed by atoms with Gasteiger partial charge in [-0.05, 0) is 37.0 Å². The number of urea groups is 1. The minimum atomic E-state index is -0.369. The second-order valence-corrected chi connectivity index (χ2v) is 6.97. The Balaban J connectivity index is 1.93. The zero-order valence-electron chi connectivity index (χ0n) is 17.3. The Bertz CT molecular complexity index is 1020. The maximum absolute atomic E-state index is 12.9. The van der Waals surface area contributed by atoms with Crippen molar-refractivity contribution in [2.24, 2.45) is 0 Å². The van der Waals surface area contributed by atoms with Crippen LogP contribution in [0.1, 0.15) is 31.9 Å². The van der Waals surface area contributed by atoms with Gasteiger partial charge in [0.15, 0.2) is 0 Å². The molecule has 0 aliphatic heterocycles. The van der Waals surface area contributed by atoms with E-state index in [9.17, 15) is 4.79 Å². The number of nitrogens with zero attached hydrogens (tertiary/aromatic N) is 2. The summed E-state index contributed by atoms with van der Waals surface area (Å²) in [6.07, 6.45) is 3.17. The molecule has 2 amide bonds. The van der Waals surface area contributed by atoms with Crippen molar-refractivity contribution in [3.05, 3.63) is 64.8 Å². The fourth-order valence-electron chi connectivity index (χ4n) is 3.18. The lowest BCUT2D eigenvalue weighted by atomic mass is 10.0. The third-order valence-corrected chi connectivity index (χ3v) is 4.98. The van der Waals surface area contributed by atoms with Gasteiger partial charge < -0.3 is 15.4 Å². The fraction of sp³-hybridized carbons (Fsp3) is 0.261. The normalized spacial score (nSPS) is 10.5. The number of halogens is 1. The SMILES string of the molecule is CCOc1ncc(NC(=O)Nc2c(CC)cccc2CC)c(-c2ccccc2Cl)n1. The number of rotatable bonds is 7. The van der Waals surface area contributed by atoms with Crippen LogP contribution in [0.15, 0.2) is 48.7 Å². The monoisotopic (exact) mass is 424 g/mol. The van der Waals surface area contributed by atoms with Crippen molar-refractivity contribution in [3.8, 4) is 17.3 Å². The molecule has 0 spiro atoms. The van der Waals surface area contributed by atoms with Crippen molar-refractivity contribution >= 4 is 29.0 Å². The molecular weight excluding hydrogens is 400 g/mol. The molecule has 0 unspecified atom stereocenters. The average Bonchev–Trinajstić information content (AvgIpc) is 2.75. The van der Waals surface area contributed by atoms with Gasteiger partial charge in [-0.1, -0.05) is 61.8 Å². The van der Waals surface area contributed by atoms with Crippen LogP contribution < -0.4 is 15.4 Å². The van der Waals surface area contributed by atoms with Crippen LogP contribution >= 0.6 is 11.6 Å². The van der Waals surface area contributed by atoms with Gasteiger partial charge in [-0.15, -0.1) is 0 Å². The van der Waals surface area contributed by atoms with Crippen LogP contribution in [0, 0.1) is 0 Å². The summed E-state index contributed by atoms with van der Waals surface area (Å²) in [5, 5.41) is 6.38. The Morgan fingerprint density at radius 1 is 1.00 bits per heavy atom. The number of amides is 2. The number of ether oxygens (including phenoxy) is 1. The number of aromatic nitrogens is 2. The summed E-state index contributed by atoms with van der Waals surface area (Å²) in [4.78, 5) is 21.5. The highest BCUT2D eigenvalue weighted by Gasteiger charge is 2.16. The third-order valence-electron chi connectivity index (χ3n) is 4.65. The number of carbonyl (C=O) groups excluding carboxylic acids is 1. The second-order valence-electron chi connectivity index (χ2n) is 6.57. The first kappa shape index (κ1) is 21.6. The van der Waals surface area contributed by atoms with E-state index in [-0.39, 0.29) is 12.0 Å². The Morgan fingerprint density at radius 3 is 2.33 bits per heavy atom. The number of anilines is 2. The highest BCUT2D eigenvalue weighted by molar-refractivity contribution is 6.33. The van der Waals surface area contributed by atoms with Gasteiger partial charge in [0.25, 0.3) is 0 Å². The molecule has 3 aromatic rings. The zero-order chi connectivity index (χ0) is 21.5. The van der Waals surface area contributed by atoms with Crippen LogP contribution in [0.2, 0.25) is 5.02 Å². The summed E-state index contributed by atoms with van der Waals surface area (Å²) < 4.78 is 5.43. The van der Waals surface area contributed by atoms with Crippen LogP contribution in [-0.4, -0.2) is 22.6 Å². The molecule has 3 rings (SSSR count). The number of benzene rings is 2. The van der Waals surface area contributed by atoms with E-state index in [2.05, 4.69) is 34.4 Å². The van der Waals surface area contributed by atoms with Crippen LogP contribution in [-0.2, 0) is 12.8 Å². The molecular formula is C23H25ClN4O2. The summed E-state index contributed by atoms with van der Waals surface area (Å²) in [5.41, 5.74) is 4.62. The van der Waals surface area contributed by atoms with Crippen molar-refractivity contribution in [1.82, 2.24) is 9.97 Å². The standard InChI is InChI=1S/C23H25ClN4O2/c1-4-15-10-9-11-16(5-2)20(15)27-22(29)26-19-14-25-23(30-6-3)28-21(19)17-12-7-8-13-18(17)24/h7-14H,4-6H2,1-3H3,(H2,26,27,29). The van der Waals surface area contributed by atoms with Crippen molar-refractivity contribution in [3.63, 3.8) is 0 Å². The molecule has 30 heavy (non-hydrogen) atoms. The van der Waals surface area contributed by atoms with E-state index < -0.39 is 0 Å². The van der Waals surface area contributed by atoms with Gasteiger partial charge in [-0.25, -0.2) is 9.78 Å². The van der Waals surface area contributed by atoms with E-state index in [0.29, 0.717) is 28.6 Å². The summed E-state index contributed by atoms with van der Waals surface area (Å²) in [6, 6.07) is 13.2. The summed E-state index contributed by atoms with van der Waals surface area (Å²) in [7, 11) is 0. The number of carbonyl (C=O) groups is 1. The second kappa shape index (κ2) is 10.1. The summed E-state index contributed by atoms with van der Waals surface area (Å²) in [6.45, 7) is 6.42. The predicted molar refractivity (Wildman–Crippen MR) is 121 cm³/mol. The number of aryl methyl sites for hydroxylation is 2. The molecule has 2 N–H and O–H groups in total. The van der Waals surface area contributed by atoms with E-state index in [1.54, 1.807) is 6.07 Å². The number of hydrogen-bond donors (Lipinski definition) is 2. The van der Waals surface area contributed by atoms with Gasteiger partial charge in [0.05, 0.1) is 23.5 Å². The maximum Gasteiger partial charge on any atom is 0.323 e. The molecule has 7 heteroatoms. The Hall–Kier alpha value is -3.12. The molecule has 0 bridgehead atoms. The largest absolute Gasteiger partial charge is 0.464 e. The molecule has 2 aromatic carbocycles. The molecule has 0 radical (unpaired) electrons. The molecule has 0 aliphatic rings. The molecule has 0 fully saturated rings. The zero-order valence-corrected chi connectivity index (χ0v) is 18.1. The van der Waals surface area contributed by atoms with Gasteiger partial charge in [0, 0.05) is 11.3 Å². The van der Waals surface area contributed by atoms with Crippen molar-refractivity contribution in [1.29, 1.82) is 0 Å². The number of para-hydroxylation sites is 1.